The zero-order valence-electron chi connectivity index (χ0n) is 17.3. The second-order valence-electron chi connectivity index (χ2n) is 7.42. The lowest BCUT2D eigenvalue weighted by Crippen LogP contribution is -2.29. The summed E-state index contributed by atoms with van der Waals surface area (Å²) in [5.74, 6) is -2.17. The molecule has 0 aromatic heterocycles. The third-order valence-electron chi connectivity index (χ3n) is 5.25. The number of benzene rings is 3. The molecule has 32 heavy (non-hydrogen) atoms. The Hall–Kier alpha value is -3.77. The van der Waals surface area contributed by atoms with Crippen LogP contribution in [0.25, 0.3) is 0 Å². The predicted octanol–water partition coefficient (Wildman–Crippen LogP) is 4.88. The van der Waals surface area contributed by atoms with E-state index >= 15 is 0 Å². The topological polar surface area (TPSA) is 80.8 Å². The number of carbonyl (C=O) groups is 4. The molecule has 2 amide bonds. The molecule has 0 fully saturated rings. The molecule has 0 aliphatic carbocycles. The largest absolute Gasteiger partial charge is 0.451 e. The van der Waals surface area contributed by atoms with Crippen molar-refractivity contribution >= 4 is 40.9 Å². The quantitative estimate of drug-likeness (QED) is 0.316. The summed E-state index contributed by atoms with van der Waals surface area (Å²) in [5, 5.41) is 0.431. The van der Waals surface area contributed by atoms with Gasteiger partial charge in [0.2, 0.25) is 5.78 Å². The number of anilines is 1. The summed E-state index contributed by atoms with van der Waals surface area (Å²) in [6, 6.07) is 17.5. The van der Waals surface area contributed by atoms with E-state index in [1.807, 2.05) is 6.92 Å². The Labute approximate surface area is 189 Å². The maximum atomic E-state index is 12.9. The number of carbonyl (C=O) groups excluding carboxylic acids is 4. The van der Waals surface area contributed by atoms with Crippen LogP contribution in [-0.2, 0) is 4.74 Å². The summed E-state index contributed by atoms with van der Waals surface area (Å²) >= 11 is 6.15. The molecule has 0 spiro atoms. The predicted molar refractivity (Wildman–Crippen MR) is 119 cm³/mol. The summed E-state index contributed by atoms with van der Waals surface area (Å²) in [6.45, 7) is 3.30. The number of Topliss-reactive ketones (excluding diaryl/α,β-unsaturated/α-hetero) is 1. The van der Waals surface area contributed by atoms with Crippen LogP contribution in [0.3, 0.4) is 0 Å². The number of hydrogen-bond acceptors (Lipinski definition) is 5. The molecule has 1 atom stereocenters. The molecule has 1 unspecified atom stereocenters. The molecule has 1 aliphatic rings. The summed E-state index contributed by atoms with van der Waals surface area (Å²) in [5.41, 5.74) is 1.92. The molecule has 1 heterocycles. The smallest absolute Gasteiger partial charge is 0.338 e. The lowest BCUT2D eigenvalue weighted by Gasteiger charge is -2.14. The van der Waals surface area contributed by atoms with Gasteiger partial charge < -0.3 is 4.74 Å². The highest BCUT2D eigenvalue weighted by atomic mass is 35.5. The summed E-state index contributed by atoms with van der Waals surface area (Å²) < 4.78 is 5.30. The Bertz CT molecular complexity index is 1270. The molecule has 0 radical (unpaired) electrons. The molecule has 4 rings (SSSR count). The van der Waals surface area contributed by atoms with E-state index in [1.165, 1.54) is 25.1 Å². The Morgan fingerprint density at radius 2 is 1.56 bits per heavy atom. The number of imide groups is 1. The van der Waals surface area contributed by atoms with Gasteiger partial charge in [0.15, 0.2) is 6.10 Å². The molecule has 0 saturated carbocycles. The third kappa shape index (κ3) is 3.81. The van der Waals surface area contributed by atoms with E-state index < -0.39 is 23.9 Å². The number of nitrogens with zero attached hydrogens (tertiary/aromatic N) is 1. The van der Waals surface area contributed by atoms with Crippen LogP contribution in [0.15, 0.2) is 66.7 Å². The van der Waals surface area contributed by atoms with Crippen molar-refractivity contribution in [2.24, 2.45) is 0 Å². The maximum Gasteiger partial charge on any atom is 0.338 e. The molecule has 3 aromatic rings. The molecule has 0 saturated heterocycles. The Morgan fingerprint density at radius 1 is 0.875 bits per heavy atom. The van der Waals surface area contributed by atoms with Crippen molar-refractivity contribution in [2.45, 2.75) is 20.0 Å². The molecule has 3 aromatic carbocycles. The van der Waals surface area contributed by atoms with Crippen LogP contribution in [0, 0.1) is 6.92 Å². The van der Waals surface area contributed by atoms with Crippen molar-refractivity contribution in [3.8, 4) is 0 Å². The van der Waals surface area contributed by atoms with Crippen molar-refractivity contribution in [1.82, 2.24) is 0 Å². The summed E-state index contributed by atoms with van der Waals surface area (Å²) in [7, 11) is 0. The fourth-order valence-electron chi connectivity index (χ4n) is 3.44. The van der Waals surface area contributed by atoms with Gasteiger partial charge in [-0.25, -0.2) is 9.69 Å². The average Bonchev–Trinajstić information content (AvgIpc) is 3.05. The molecule has 0 N–H and O–H groups in total. The van der Waals surface area contributed by atoms with Gasteiger partial charge >= 0.3 is 5.97 Å². The average molecular weight is 448 g/mol. The highest BCUT2D eigenvalue weighted by molar-refractivity contribution is 6.36. The molecule has 7 heteroatoms. The second kappa shape index (κ2) is 8.40. The standard InChI is InChI=1S/C25H18ClNO5/c1-14-8-10-18(13-21(14)26)27-23(29)19-11-9-17(12-20(19)24(27)30)25(31)32-15(2)22(28)16-6-4-3-5-7-16/h3-13,15H,1-2H3. The van der Waals surface area contributed by atoms with Crippen molar-refractivity contribution in [1.29, 1.82) is 0 Å². The first kappa shape index (κ1) is 21.5. The molecule has 6 nitrogen and oxygen atoms in total. The lowest BCUT2D eigenvalue weighted by molar-refractivity contribution is 0.0318. The number of halogens is 1. The van der Waals surface area contributed by atoms with Gasteiger partial charge in [0.1, 0.15) is 0 Å². The minimum atomic E-state index is -1.01. The van der Waals surface area contributed by atoms with Gasteiger partial charge in [-0.15, -0.1) is 0 Å². The van der Waals surface area contributed by atoms with Crippen LogP contribution in [0.5, 0.6) is 0 Å². The zero-order valence-corrected chi connectivity index (χ0v) is 18.1. The van der Waals surface area contributed by atoms with Gasteiger partial charge in [0, 0.05) is 10.6 Å². The summed E-state index contributed by atoms with van der Waals surface area (Å²) in [6.07, 6.45) is -1.01. The lowest BCUT2D eigenvalue weighted by atomic mass is 10.1. The van der Waals surface area contributed by atoms with Gasteiger partial charge in [-0.05, 0) is 49.7 Å². The van der Waals surface area contributed by atoms with Gasteiger partial charge in [-0.1, -0.05) is 48.0 Å². The molecular weight excluding hydrogens is 430 g/mol. The molecule has 0 bridgehead atoms. The monoisotopic (exact) mass is 447 g/mol. The van der Waals surface area contributed by atoms with Crippen LogP contribution >= 0.6 is 11.6 Å². The van der Waals surface area contributed by atoms with E-state index in [0.717, 1.165) is 10.5 Å². The van der Waals surface area contributed by atoms with Crippen molar-refractivity contribution in [3.05, 3.63) is 99.6 Å². The van der Waals surface area contributed by atoms with E-state index in [-0.39, 0.29) is 22.5 Å². The van der Waals surface area contributed by atoms with Crippen molar-refractivity contribution in [2.75, 3.05) is 4.90 Å². The maximum absolute atomic E-state index is 12.9. The minimum absolute atomic E-state index is 0.0707. The number of hydrogen-bond donors (Lipinski definition) is 0. The summed E-state index contributed by atoms with van der Waals surface area (Å²) in [4.78, 5) is 51.8. The number of amides is 2. The van der Waals surface area contributed by atoms with E-state index in [1.54, 1.807) is 48.5 Å². The molecule has 1 aliphatic heterocycles. The highest BCUT2D eigenvalue weighted by Crippen LogP contribution is 2.31. The van der Waals surface area contributed by atoms with Crippen LogP contribution in [0.1, 0.15) is 53.9 Å². The highest BCUT2D eigenvalue weighted by Gasteiger charge is 2.37. The van der Waals surface area contributed by atoms with E-state index in [2.05, 4.69) is 0 Å². The van der Waals surface area contributed by atoms with E-state index in [0.29, 0.717) is 16.3 Å². The van der Waals surface area contributed by atoms with Crippen LogP contribution in [0.4, 0.5) is 5.69 Å². The number of esters is 1. The first-order valence-electron chi connectivity index (χ1n) is 9.87. The van der Waals surface area contributed by atoms with Crippen LogP contribution in [0.2, 0.25) is 5.02 Å². The van der Waals surface area contributed by atoms with Gasteiger partial charge in [0.05, 0.1) is 22.4 Å². The molecule has 160 valence electrons. The SMILES string of the molecule is Cc1ccc(N2C(=O)c3ccc(C(=O)OC(C)C(=O)c4ccccc4)cc3C2=O)cc1Cl. The number of fused-ring (bicyclic) bond motifs is 1. The van der Waals surface area contributed by atoms with Gasteiger partial charge in [0.25, 0.3) is 11.8 Å². The number of ether oxygens (including phenoxy) is 1. The Morgan fingerprint density at radius 3 is 2.25 bits per heavy atom. The van der Waals surface area contributed by atoms with Gasteiger partial charge in [-0.3, -0.25) is 14.4 Å². The second-order valence-corrected chi connectivity index (χ2v) is 7.82. The Kier molecular flexibility index (Phi) is 5.63. The minimum Gasteiger partial charge on any atom is -0.451 e. The molecular formula is C25H18ClNO5. The fourth-order valence-corrected chi connectivity index (χ4v) is 3.62. The van der Waals surface area contributed by atoms with Crippen LogP contribution in [-0.4, -0.2) is 29.7 Å². The fraction of sp³-hybridized carbons (Fsp3) is 0.120. The van der Waals surface area contributed by atoms with Gasteiger partial charge in [-0.2, -0.15) is 0 Å². The number of ketones is 1. The van der Waals surface area contributed by atoms with Crippen LogP contribution < -0.4 is 4.90 Å². The normalized spacial score (nSPS) is 13.7. The number of aryl methyl sites for hydroxylation is 1. The Balaban J connectivity index is 1.56. The third-order valence-corrected chi connectivity index (χ3v) is 5.65. The van der Waals surface area contributed by atoms with Crippen molar-refractivity contribution < 1.29 is 23.9 Å². The van der Waals surface area contributed by atoms with E-state index in [4.69, 9.17) is 16.3 Å². The number of rotatable bonds is 5. The zero-order chi connectivity index (χ0) is 23.0. The first-order chi connectivity index (χ1) is 15.3. The van der Waals surface area contributed by atoms with E-state index in [9.17, 15) is 19.2 Å². The van der Waals surface area contributed by atoms with Crippen molar-refractivity contribution in [3.63, 3.8) is 0 Å². The first-order valence-corrected chi connectivity index (χ1v) is 10.2.